The molecule has 1 fully saturated rings. The van der Waals surface area contributed by atoms with E-state index < -0.39 is 48.3 Å². The van der Waals surface area contributed by atoms with Gasteiger partial charge < -0.3 is 26.6 Å². The lowest BCUT2D eigenvalue weighted by molar-refractivity contribution is -0.150. The zero-order valence-electron chi connectivity index (χ0n) is 19.8. The molecular formula is C23H32BrFN6O4. The maximum absolute atomic E-state index is 13.2. The van der Waals surface area contributed by atoms with E-state index in [9.17, 15) is 23.6 Å². The maximum atomic E-state index is 13.2. The van der Waals surface area contributed by atoms with Crippen LogP contribution in [0.3, 0.4) is 0 Å². The number of nitrogens with two attached hydrogens (primary N) is 1. The standard InChI is InChI=1S/C23H32BrFN6O4/c1-13(2)19(30-20(33)14-5-7-15(24)8-6-14)22(35)31-11-9-17(31)21(34)29-16(18(32)12-25)4-3-10-28-23(26)27/h5-8,13,16-17,19H,3-4,9-12H2,1-2H3,(H,29,34)(H,30,33)(H4,26,27,28)/t16?,17-,19?/m0/s1. The van der Waals surface area contributed by atoms with Crippen molar-refractivity contribution in [2.45, 2.75) is 51.2 Å². The quantitative estimate of drug-likeness (QED) is 0.148. The highest BCUT2D eigenvalue weighted by atomic mass is 79.9. The second kappa shape index (κ2) is 13.2. The fourth-order valence-corrected chi connectivity index (χ4v) is 3.91. The summed E-state index contributed by atoms with van der Waals surface area (Å²) in [5.74, 6) is -2.56. The van der Waals surface area contributed by atoms with E-state index in [2.05, 4.69) is 31.9 Å². The molecule has 1 heterocycles. The highest BCUT2D eigenvalue weighted by Gasteiger charge is 2.42. The molecule has 2 unspecified atom stereocenters. The Kier molecular flexibility index (Phi) is 10.6. The highest BCUT2D eigenvalue weighted by molar-refractivity contribution is 9.10. The Balaban J connectivity index is 2.01. The van der Waals surface area contributed by atoms with E-state index in [0.29, 0.717) is 31.5 Å². The van der Waals surface area contributed by atoms with Gasteiger partial charge in [-0.05, 0) is 49.4 Å². The average Bonchev–Trinajstić information content (AvgIpc) is 2.77. The molecular weight excluding hydrogens is 523 g/mol. The molecule has 35 heavy (non-hydrogen) atoms. The number of guanidine groups is 1. The van der Waals surface area contributed by atoms with Gasteiger partial charge in [-0.25, -0.2) is 4.39 Å². The lowest BCUT2D eigenvalue weighted by atomic mass is 9.95. The largest absolute Gasteiger partial charge is 0.370 e. The van der Waals surface area contributed by atoms with Crippen molar-refractivity contribution in [3.8, 4) is 0 Å². The zero-order chi connectivity index (χ0) is 26.1. The molecule has 0 spiro atoms. The number of ketones is 1. The molecule has 0 radical (unpaired) electrons. The summed E-state index contributed by atoms with van der Waals surface area (Å²) in [6, 6.07) is 4.02. The second-order valence-corrected chi connectivity index (χ2v) is 9.60. The van der Waals surface area contributed by atoms with Crippen LogP contribution in [-0.2, 0) is 14.4 Å². The minimum absolute atomic E-state index is 0.160. The summed E-state index contributed by atoms with van der Waals surface area (Å²) in [7, 11) is 0. The van der Waals surface area contributed by atoms with Crippen LogP contribution in [0.15, 0.2) is 28.7 Å². The number of Topliss-reactive ketones (excluding diaryl/α,β-unsaturated/α-hetero) is 1. The van der Waals surface area contributed by atoms with Gasteiger partial charge in [0, 0.05) is 23.1 Å². The van der Waals surface area contributed by atoms with Gasteiger partial charge >= 0.3 is 0 Å². The Labute approximate surface area is 212 Å². The number of amides is 3. The molecule has 1 aromatic rings. The minimum Gasteiger partial charge on any atom is -0.370 e. The van der Waals surface area contributed by atoms with E-state index in [-0.39, 0.29) is 18.3 Å². The third kappa shape index (κ3) is 8.01. The average molecular weight is 555 g/mol. The van der Waals surface area contributed by atoms with Crippen molar-refractivity contribution in [1.82, 2.24) is 20.9 Å². The fourth-order valence-electron chi connectivity index (χ4n) is 3.65. The lowest BCUT2D eigenvalue weighted by Crippen LogP contribution is -2.64. The van der Waals surface area contributed by atoms with Crippen LogP contribution in [0.5, 0.6) is 0 Å². The van der Waals surface area contributed by atoms with Crippen LogP contribution in [0, 0.1) is 11.3 Å². The third-order valence-corrected chi connectivity index (χ3v) is 6.28. The minimum atomic E-state index is -1.23. The molecule has 0 saturated carbocycles. The molecule has 1 aliphatic heterocycles. The fraction of sp³-hybridized carbons (Fsp3) is 0.522. The summed E-state index contributed by atoms with van der Waals surface area (Å²) >= 11 is 3.31. The first-order valence-electron chi connectivity index (χ1n) is 11.4. The van der Waals surface area contributed by atoms with Gasteiger partial charge in [-0.2, -0.15) is 0 Å². The van der Waals surface area contributed by atoms with Crippen LogP contribution in [0.1, 0.15) is 43.5 Å². The van der Waals surface area contributed by atoms with Crippen LogP contribution in [-0.4, -0.2) is 72.3 Å². The number of nitrogens with one attached hydrogen (secondary N) is 4. The number of likely N-dealkylation sites (tertiary alicyclic amines) is 1. The maximum Gasteiger partial charge on any atom is 0.251 e. The van der Waals surface area contributed by atoms with Gasteiger partial charge in [0.2, 0.25) is 11.8 Å². The van der Waals surface area contributed by atoms with Crippen molar-refractivity contribution in [2.24, 2.45) is 11.7 Å². The zero-order valence-corrected chi connectivity index (χ0v) is 21.4. The van der Waals surface area contributed by atoms with E-state index in [4.69, 9.17) is 11.1 Å². The molecule has 1 saturated heterocycles. The molecule has 12 heteroatoms. The Morgan fingerprint density at radius 2 is 1.86 bits per heavy atom. The molecule has 1 aromatic carbocycles. The Hall–Kier alpha value is -3.02. The van der Waals surface area contributed by atoms with E-state index in [1.807, 2.05) is 0 Å². The summed E-state index contributed by atoms with van der Waals surface area (Å²) in [6.45, 7) is 2.99. The third-order valence-electron chi connectivity index (χ3n) is 5.75. The van der Waals surface area contributed by atoms with E-state index in [0.717, 1.165) is 4.47 Å². The van der Waals surface area contributed by atoms with E-state index in [1.54, 1.807) is 38.1 Å². The molecule has 2 rings (SSSR count). The Morgan fingerprint density at radius 3 is 2.37 bits per heavy atom. The predicted molar refractivity (Wildman–Crippen MR) is 132 cm³/mol. The molecule has 1 aliphatic rings. The number of hydrogen-bond acceptors (Lipinski definition) is 5. The summed E-state index contributed by atoms with van der Waals surface area (Å²) in [4.78, 5) is 52.1. The Bertz CT molecular complexity index is 942. The van der Waals surface area contributed by atoms with E-state index >= 15 is 0 Å². The number of benzene rings is 1. The van der Waals surface area contributed by atoms with Gasteiger partial charge in [0.15, 0.2) is 11.7 Å². The summed E-state index contributed by atoms with van der Waals surface area (Å²) < 4.78 is 13.8. The first-order chi connectivity index (χ1) is 16.5. The van der Waals surface area contributed by atoms with Crippen LogP contribution >= 0.6 is 15.9 Å². The molecule has 0 aromatic heterocycles. The second-order valence-electron chi connectivity index (χ2n) is 8.68. The van der Waals surface area contributed by atoms with Crippen LogP contribution < -0.4 is 21.7 Å². The van der Waals surface area contributed by atoms with Crippen molar-refractivity contribution < 1.29 is 23.6 Å². The number of carbonyl (C=O) groups excluding carboxylic acids is 4. The van der Waals surface area contributed by atoms with Crippen molar-refractivity contribution in [2.75, 3.05) is 19.8 Å². The number of alkyl halides is 1. The normalized spacial score (nSPS) is 16.6. The highest BCUT2D eigenvalue weighted by Crippen LogP contribution is 2.22. The van der Waals surface area contributed by atoms with Crippen molar-refractivity contribution >= 4 is 45.4 Å². The summed E-state index contributed by atoms with van der Waals surface area (Å²) in [5.41, 5.74) is 5.61. The molecule has 0 aliphatic carbocycles. The molecule has 192 valence electrons. The van der Waals surface area contributed by atoms with Gasteiger partial charge in [0.25, 0.3) is 5.91 Å². The number of hydrogen-bond donors (Lipinski definition) is 5. The number of nitrogens with zero attached hydrogens (tertiary/aromatic N) is 1. The molecule has 3 atom stereocenters. The topological polar surface area (TPSA) is 157 Å². The van der Waals surface area contributed by atoms with Gasteiger partial charge in [0.1, 0.15) is 18.8 Å². The number of carbonyl (C=O) groups is 4. The van der Waals surface area contributed by atoms with Gasteiger partial charge in [-0.15, -0.1) is 0 Å². The number of halogens is 2. The van der Waals surface area contributed by atoms with Gasteiger partial charge in [0.05, 0.1) is 6.04 Å². The van der Waals surface area contributed by atoms with Gasteiger partial charge in [-0.3, -0.25) is 24.6 Å². The van der Waals surface area contributed by atoms with Crippen molar-refractivity contribution in [3.05, 3.63) is 34.3 Å². The SMILES string of the molecule is CC(C)C(NC(=O)c1ccc(Br)cc1)C(=O)N1CC[C@H]1C(=O)NC(CCCNC(=N)N)C(=O)CF. The molecule has 3 amide bonds. The van der Waals surface area contributed by atoms with Crippen LogP contribution in [0.4, 0.5) is 4.39 Å². The molecule has 6 N–H and O–H groups in total. The van der Waals surface area contributed by atoms with E-state index in [1.165, 1.54) is 4.90 Å². The molecule has 0 bridgehead atoms. The predicted octanol–water partition coefficient (Wildman–Crippen LogP) is 1.09. The monoisotopic (exact) mass is 554 g/mol. The number of rotatable bonds is 12. The van der Waals surface area contributed by atoms with Gasteiger partial charge in [-0.1, -0.05) is 29.8 Å². The summed E-state index contributed by atoms with van der Waals surface area (Å²) in [5, 5.41) is 15.0. The summed E-state index contributed by atoms with van der Waals surface area (Å²) in [6.07, 6.45) is 0.930. The lowest BCUT2D eigenvalue weighted by Gasteiger charge is -2.42. The van der Waals surface area contributed by atoms with Crippen molar-refractivity contribution in [1.29, 1.82) is 5.41 Å². The smallest absolute Gasteiger partial charge is 0.251 e. The van der Waals surface area contributed by atoms with Crippen LogP contribution in [0.25, 0.3) is 0 Å². The Morgan fingerprint density at radius 1 is 1.20 bits per heavy atom. The first-order valence-corrected chi connectivity index (χ1v) is 12.2. The van der Waals surface area contributed by atoms with Crippen molar-refractivity contribution in [3.63, 3.8) is 0 Å². The first kappa shape index (κ1) is 28.2. The van der Waals surface area contributed by atoms with Crippen LogP contribution in [0.2, 0.25) is 0 Å². The molecule has 10 nitrogen and oxygen atoms in total.